The SMILES string of the molecule is CC1(C(=O)Nc2c(Cl)cccc2Cl)COCC1N. The van der Waals surface area contributed by atoms with Crippen molar-refractivity contribution in [1.29, 1.82) is 0 Å². The molecule has 18 heavy (non-hydrogen) atoms. The molecule has 98 valence electrons. The second-order valence-corrected chi connectivity index (χ2v) is 5.40. The van der Waals surface area contributed by atoms with Crippen molar-refractivity contribution >= 4 is 34.8 Å². The van der Waals surface area contributed by atoms with Gasteiger partial charge >= 0.3 is 0 Å². The second kappa shape index (κ2) is 5.05. The molecule has 2 unspecified atom stereocenters. The maximum absolute atomic E-state index is 12.3. The highest BCUT2D eigenvalue weighted by Gasteiger charge is 2.44. The van der Waals surface area contributed by atoms with Crippen molar-refractivity contribution in [2.24, 2.45) is 11.1 Å². The average molecular weight is 289 g/mol. The lowest BCUT2D eigenvalue weighted by atomic mass is 9.85. The number of para-hydroxylation sites is 1. The van der Waals surface area contributed by atoms with E-state index >= 15 is 0 Å². The Kier molecular flexibility index (Phi) is 3.82. The maximum atomic E-state index is 12.3. The van der Waals surface area contributed by atoms with Crippen LogP contribution >= 0.6 is 23.2 Å². The number of rotatable bonds is 2. The van der Waals surface area contributed by atoms with Crippen molar-refractivity contribution < 1.29 is 9.53 Å². The van der Waals surface area contributed by atoms with Gasteiger partial charge in [-0.25, -0.2) is 0 Å². The largest absolute Gasteiger partial charge is 0.379 e. The molecule has 1 heterocycles. The molecule has 1 aliphatic rings. The lowest BCUT2D eigenvalue weighted by Crippen LogP contribution is -2.47. The third kappa shape index (κ3) is 2.34. The third-order valence-corrected chi connectivity index (χ3v) is 3.87. The number of benzene rings is 1. The zero-order chi connectivity index (χ0) is 13.3. The number of carbonyl (C=O) groups excluding carboxylic acids is 1. The molecule has 0 aliphatic carbocycles. The number of amides is 1. The fraction of sp³-hybridized carbons (Fsp3) is 0.417. The maximum Gasteiger partial charge on any atom is 0.234 e. The standard InChI is InChI=1S/C12H14Cl2N2O2/c1-12(6-18-5-9(12)15)11(17)16-10-7(13)3-2-4-8(10)14/h2-4,9H,5-6,15H2,1H3,(H,16,17). The van der Waals surface area contributed by atoms with Gasteiger partial charge in [0.2, 0.25) is 5.91 Å². The van der Waals surface area contributed by atoms with Crippen molar-refractivity contribution in [3.63, 3.8) is 0 Å². The summed E-state index contributed by atoms with van der Waals surface area (Å²) in [6.07, 6.45) is 0. The topological polar surface area (TPSA) is 64.3 Å². The Bertz CT molecular complexity index is 461. The van der Waals surface area contributed by atoms with E-state index in [0.29, 0.717) is 28.9 Å². The van der Waals surface area contributed by atoms with Crippen molar-refractivity contribution in [1.82, 2.24) is 0 Å². The summed E-state index contributed by atoms with van der Waals surface area (Å²) in [6, 6.07) is 4.71. The first kappa shape index (κ1) is 13.6. The molecule has 0 aromatic heterocycles. The molecule has 1 fully saturated rings. The van der Waals surface area contributed by atoms with Crippen molar-refractivity contribution in [2.45, 2.75) is 13.0 Å². The zero-order valence-corrected chi connectivity index (χ0v) is 11.4. The first-order chi connectivity index (χ1) is 8.45. The Morgan fingerprint density at radius 2 is 2.11 bits per heavy atom. The van der Waals surface area contributed by atoms with Gasteiger partial charge in [0.15, 0.2) is 0 Å². The van der Waals surface area contributed by atoms with Gasteiger partial charge < -0.3 is 15.8 Å². The Labute approximate surface area is 115 Å². The van der Waals surface area contributed by atoms with E-state index in [-0.39, 0.29) is 11.9 Å². The molecule has 0 radical (unpaired) electrons. The number of carbonyl (C=O) groups is 1. The summed E-state index contributed by atoms with van der Waals surface area (Å²) < 4.78 is 5.24. The Balaban J connectivity index is 2.22. The number of ether oxygens (including phenoxy) is 1. The minimum Gasteiger partial charge on any atom is -0.379 e. The van der Waals surface area contributed by atoms with Gasteiger partial charge in [0.1, 0.15) is 0 Å². The molecule has 6 heteroatoms. The molecule has 0 spiro atoms. The first-order valence-corrected chi connectivity index (χ1v) is 6.29. The molecule has 4 nitrogen and oxygen atoms in total. The normalized spacial score (nSPS) is 27.2. The minimum atomic E-state index is -0.761. The van der Waals surface area contributed by atoms with E-state index < -0.39 is 5.41 Å². The molecule has 1 amide bonds. The summed E-state index contributed by atoms with van der Waals surface area (Å²) in [5.74, 6) is -0.234. The fourth-order valence-corrected chi connectivity index (χ4v) is 2.29. The Morgan fingerprint density at radius 1 is 1.50 bits per heavy atom. The molecule has 0 saturated carbocycles. The van der Waals surface area contributed by atoms with Crippen molar-refractivity contribution in [3.8, 4) is 0 Å². The van der Waals surface area contributed by atoms with Gasteiger partial charge in [-0.2, -0.15) is 0 Å². The summed E-state index contributed by atoms with van der Waals surface area (Å²) in [6.45, 7) is 2.44. The fourth-order valence-electron chi connectivity index (χ4n) is 1.80. The monoisotopic (exact) mass is 288 g/mol. The van der Waals surface area contributed by atoms with Crippen LogP contribution in [0.1, 0.15) is 6.92 Å². The molecule has 1 aromatic carbocycles. The molecular weight excluding hydrogens is 275 g/mol. The molecule has 1 aliphatic heterocycles. The summed E-state index contributed by atoms with van der Waals surface area (Å²) in [5, 5.41) is 3.52. The summed E-state index contributed by atoms with van der Waals surface area (Å²) in [5.41, 5.74) is 5.54. The predicted octanol–water partition coefficient (Wildman–Crippen LogP) is 2.30. The molecule has 1 saturated heterocycles. The summed E-state index contributed by atoms with van der Waals surface area (Å²) >= 11 is 12.0. The first-order valence-electron chi connectivity index (χ1n) is 5.54. The van der Waals surface area contributed by atoms with E-state index in [1.54, 1.807) is 25.1 Å². The lowest BCUT2D eigenvalue weighted by Gasteiger charge is -2.25. The van der Waals surface area contributed by atoms with Crippen LogP contribution in [0, 0.1) is 5.41 Å². The van der Waals surface area contributed by atoms with Crippen LogP contribution in [0.4, 0.5) is 5.69 Å². The minimum absolute atomic E-state index is 0.234. The summed E-state index contributed by atoms with van der Waals surface area (Å²) in [7, 11) is 0. The van der Waals surface area contributed by atoms with Gasteiger partial charge in [0.05, 0.1) is 34.4 Å². The summed E-state index contributed by atoms with van der Waals surface area (Å²) in [4.78, 5) is 12.3. The predicted molar refractivity (Wildman–Crippen MR) is 72.0 cm³/mol. The van der Waals surface area contributed by atoms with Crippen LogP contribution in [0.2, 0.25) is 10.0 Å². The van der Waals surface area contributed by atoms with Crippen LogP contribution in [0.3, 0.4) is 0 Å². The van der Waals surface area contributed by atoms with E-state index in [1.807, 2.05) is 0 Å². The van der Waals surface area contributed by atoms with Crippen LogP contribution in [-0.4, -0.2) is 25.2 Å². The van der Waals surface area contributed by atoms with Crippen LogP contribution < -0.4 is 11.1 Å². The van der Waals surface area contributed by atoms with E-state index in [9.17, 15) is 4.79 Å². The van der Waals surface area contributed by atoms with Crippen LogP contribution in [-0.2, 0) is 9.53 Å². The van der Waals surface area contributed by atoms with Gasteiger partial charge in [0.25, 0.3) is 0 Å². The second-order valence-electron chi connectivity index (χ2n) is 4.59. The molecular formula is C12H14Cl2N2O2. The van der Waals surface area contributed by atoms with E-state index in [1.165, 1.54) is 0 Å². The van der Waals surface area contributed by atoms with Gasteiger partial charge in [-0.1, -0.05) is 29.3 Å². The van der Waals surface area contributed by atoms with Crippen LogP contribution in [0.5, 0.6) is 0 Å². The van der Waals surface area contributed by atoms with Gasteiger partial charge in [-0.15, -0.1) is 0 Å². The zero-order valence-electron chi connectivity index (χ0n) is 9.87. The van der Waals surface area contributed by atoms with Gasteiger partial charge in [-0.3, -0.25) is 4.79 Å². The molecule has 0 bridgehead atoms. The number of nitrogens with one attached hydrogen (secondary N) is 1. The highest BCUT2D eigenvalue weighted by atomic mass is 35.5. The number of anilines is 1. The molecule has 2 atom stereocenters. The van der Waals surface area contributed by atoms with Gasteiger partial charge in [0, 0.05) is 6.04 Å². The molecule has 1 aromatic rings. The number of nitrogens with two attached hydrogens (primary N) is 1. The molecule has 3 N–H and O–H groups in total. The van der Waals surface area contributed by atoms with Crippen molar-refractivity contribution in [3.05, 3.63) is 28.2 Å². The van der Waals surface area contributed by atoms with E-state index in [4.69, 9.17) is 33.7 Å². The average Bonchev–Trinajstić information content (AvgIpc) is 2.66. The van der Waals surface area contributed by atoms with Crippen molar-refractivity contribution in [2.75, 3.05) is 18.5 Å². The van der Waals surface area contributed by atoms with Crippen LogP contribution in [0.25, 0.3) is 0 Å². The Morgan fingerprint density at radius 3 is 2.61 bits per heavy atom. The van der Waals surface area contributed by atoms with Crippen LogP contribution in [0.15, 0.2) is 18.2 Å². The smallest absolute Gasteiger partial charge is 0.234 e. The highest BCUT2D eigenvalue weighted by molar-refractivity contribution is 6.39. The van der Waals surface area contributed by atoms with E-state index in [0.717, 1.165) is 0 Å². The number of hydrogen-bond acceptors (Lipinski definition) is 3. The number of halogens is 2. The highest BCUT2D eigenvalue weighted by Crippen LogP contribution is 2.33. The molecule has 2 rings (SSSR count). The third-order valence-electron chi connectivity index (χ3n) is 3.24. The lowest BCUT2D eigenvalue weighted by molar-refractivity contribution is -0.125. The quantitative estimate of drug-likeness (QED) is 0.878. The van der Waals surface area contributed by atoms with E-state index in [2.05, 4.69) is 5.32 Å². The number of hydrogen-bond donors (Lipinski definition) is 2. The Hall–Kier alpha value is -0.810. The van der Waals surface area contributed by atoms with Gasteiger partial charge in [-0.05, 0) is 19.1 Å².